The molecule has 1 aromatic heterocycles. The van der Waals surface area contributed by atoms with Crippen LogP contribution >= 0.6 is 12.2 Å². The maximum absolute atomic E-state index is 5.60. The zero-order valence-electron chi connectivity index (χ0n) is 15.3. The molecule has 0 radical (unpaired) electrons. The van der Waals surface area contributed by atoms with E-state index in [0.29, 0.717) is 18.1 Å². The van der Waals surface area contributed by atoms with Crippen LogP contribution in [-0.2, 0) is 6.54 Å². The lowest BCUT2D eigenvalue weighted by Gasteiger charge is -2.45. The zero-order chi connectivity index (χ0) is 17.9. The molecule has 1 aromatic carbocycles. The summed E-state index contributed by atoms with van der Waals surface area (Å²) in [7, 11) is 0. The van der Waals surface area contributed by atoms with E-state index >= 15 is 0 Å². The lowest BCUT2D eigenvalue weighted by atomic mass is 9.81. The molecule has 3 N–H and O–H groups in total. The van der Waals surface area contributed by atoms with Crippen LogP contribution in [0.2, 0.25) is 0 Å². The van der Waals surface area contributed by atoms with Gasteiger partial charge in [0.15, 0.2) is 10.9 Å². The Hall–Kier alpha value is -1.85. The molecule has 2 unspecified atom stereocenters. The average Bonchev–Trinajstić information content (AvgIpc) is 3.08. The van der Waals surface area contributed by atoms with Crippen LogP contribution in [-0.4, -0.2) is 23.2 Å². The molecule has 4 nitrogen and oxygen atoms in total. The molecule has 2 aliphatic rings. The minimum Gasteiger partial charge on any atom is -0.463 e. The summed E-state index contributed by atoms with van der Waals surface area (Å²) < 4.78 is 5.60. The van der Waals surface area contributed by atoms with Crippen molar-refractivity contribution >= 4 is 23.0 Å². The summed E-state index contributed by atoms with van der Waals surface area (Å²) >= 11 is 5.57. The Labute approximate surface area is 161 Å². The number of quaternary nitrogens is 1. The van der Waals surface area contributed by atoms with Crippen LogP contribution in [0.1, 0.15) is 43.4 Å². The van der Waals surface area contributed by atoms with Gasteiger partial charge in [-0.1, -0.05) is 12.1 Å². The van der Waals surface area contributed by atoms with E-state index in [0.717, 1.165) is 23.1 Å². The van der Waals surface area contributed by atoms with Gasteiger partial charge in [0.1, 0.15) is 6.54 Å². The summed E-state index contributed by atoms with van der Waals surface area (Å²) in [6, 6.07) is 14.3. The van der Waals surface area contributed by atoms with Crippen LogP contribution in [0.3, 0.4) is 0 Å². The number of rotatable bonds is 4. The van der Waals surface area contributed by atoms with E-state index in [4.69, 9.17) is 16.6 Å². The number of hydrogen-bond acceptors (Lipinski definition) is 2. The molecule has 4 atom stereocenters. The number of thiocarbonyl (C=S) groups is 1. The number of nitrogens with one attached hydrogen (secondary N) is 3. The maximum atomic E-state index is 5.60. The molecule has 4 rings (SSSR count). The number of fused-ring (bicyclic) bond motifs is 2. The Bertz CT molecular complexity index is 731. The summed E-state index contributed by atoms with van der Waals surface area (Å²) in [4.78, 5) is 1.71. The van der Waals surface area contributed by atoms with E-state index in [2.05, 4.69) is 47.9 Å². The van der Waals surface area contributed by atoms with Crippen LogP contribution in [0, 0.1) is 6.92 Å². The highest BCUT2D eigenvalue weighted by Crippen LogP contribution is 2.23. The molecule has 0 spiro atoms. The third-order valence-electron chi connectivity index (χ3n) is 5.86. The fourth-order valence-corrected chi connectivity index (χ4v) is 5.02. The lowest BCUT2D eigenvalue weighted by molar-refractivity contribution is -0.974. The lowest BCUT2D eigenvalue weighted by Crippen LogP contribution is -3.20. The molecule has 2 saturated heterocycles. The van der Waals surface area contributed by atoms with Crippen molar-refractivity contribution in [1.29, 1.82) is 0 Å². The second-order valence-corrected chi connectivity index (χ2v) is 8.20. The van der Waals surface area contributed by atoms with E-state index in [9.17, 15) is 0 Å². The minimum atomic E-state index is 0.468. The third-order valence-corrected chi connectivity index (χ3v) is 6.08. The number of hydrogen-bond donors (Lipinski definition) is 3. The normalized spacial score (nSPS) is 27.7. The molecule has 3 heterocycles. The van der Waals surface area contributed by atoms with E-state index < -0.39 is 0 Å². The van der Waals surface area contributed by atoms with E-state index in [1.54, 1.807) is 11.2 Å². The highest BCUT2D eigenvalue weighted by Gasteiger charge is 2.42. The van der Waals surface area contributed by atoms with Gasteiger partial charge in [-0.2, -0.15) is 0 Å². The van der Waals surface area contributed by atoms with Crippen molar-refractivity contribution in [1.82, 2.24) is 5.32 Å². The van der Waals surface area contributed by atoms with Crippen LogP contribution in [0.5, 0.6) is 0 Å². The molecule has 0 amide bonds. The van der Waals surface area contributed by atoms with E-state index in [1.165, 1.54) is 37.7 Å². The first-order valence-electron chi connectivity index (χ1n) is 9.69. The molecule has 0 saturated carbocycles. The van der Waals surface area contributed by atoms with Crippen molar-refractivity contribution in [2.24, 2.45) is 0 Å². The Morgan fingerprint density at radius 3 is 2.69 bits per heavy atom. The van der Waals surface area contributed by atoms with Crippen LogP contribution in [0.15, 0.2) is 47.1 Å². The number of anilines is 1. The van der Waals surface area contributed by atoms with Gasteiger partial charge in [-0.3, -0.25) is 0 Å². The van der Waals surface area contributed by atoms with Gasteiger partial charge in [0.2, 0.25) is 0 Å². The summed E-state index contributed by atoms with van der Waals surface area (Å²) in [5.74, 6) is 1.11. The second kappa shape index (κ2) is 7.80. The predicted molar refractivity (Wildman–Crippen MR) is 108 cm³/mol. The Kier molecular flexibility index (Phi) is 5.27. The Morgan fingerprint density at radius 1 is 1.19 bits per heavy atom. The third kappa shape index (κ3) is 4.10. The fourth-order valence-electron chi connectivity index (χ4n) is 4.73. The summed E-state index contributed by atoms with van der Waals surface area (Å²) in [5, 5.41) is 7.66. The fraction of sp³-hybridized carbons (Fsp3) is 0.476. The Morgan fingerprint density at radius 2 is 2.00 bits per heavy atom. The molecule has 138 valence electrons. The number of piperidine rings is 2. The first-order valence-corrected chi connectivity index (χ1v) is 10.1. The quantitative estimate of drug-likeness (QED) is 0.724. The molecule has 2 bridgehead atoms. The predicted octanol–water partition coefficient (Wildman–Crippen LogP) is 3.04. The number of benzene rings is 1. The first-order chi connectivity index (χ1) is 12.7. The standard InChI is InChI=1S/C21H27N3OS/c1-15-5-2-6-16(11-15)22-21(26)23-17-12-18-7-3-8-19(13-17)24(18)14-20-9-4-10-25-20/h2,4-6,9-11,17-19H,3,7-8,12-14H2,1H3,(H2,22,23,26)/p+1/t17?,18-,19+. The van der Waals surface area contributed by atoms with Crippen LogP contribution in [0.25, 0.3) is 0 Å². The van der Waals surface area contributed by atoms with E-state index in [-0.39, 0.29) is 0 Å². The SMILES string of the molecule is Cc1cccc(NC(=S)NC2C[C@H]3CCC[C@@H](C2)[NH+]3Cc2ccco2)c1. The summed E-state index contributed by atoms with van der Waals surface area (Å²) in [6.07, 6.45) is 8.12. The van der Waals surface area contributed by atoms with Gasteiger partial charge in [0.05, 0.1) is 18.3 Å². The van der Waals surface area contributed by atoms with Gasteiger partial charge in [-0.25, -0.2) is 0 Å². The van der Waals surface area contributed by atoms with Crippen molar-refractivity contribution in [2.75, 3.05) is 5.32 Å². The highest BCUT2D eigenvalue weighted by atomic mass is 32.1. The smallest absolute Gasteiger partial charge is 0.171 e. The molecule has 26 heavy (non-hydrogen) atoms. The van der Waals surface area contributed by atoms with E-state index in [1.807, 2.05) is 6.07 Å². The van der Waals surface area contributed by atoms with Crippen LogP contribution < -0.4 is 15.5 Å². The van der Waals surface area contributed by atoms with Gasteiger partial charge in [0.25, 0.3) is 0 Å². The van der Waals surface area contributed by atoms with Gasteiger partial charge in [0, 0.05) is 24.6 Å². The summed E-state index contributed by atoms with van der Waals surface area (Å²) in [6.45, 7) is 3.11. The number of aryl methyl sites for hydroxylation is 1. The largest absolute Gasteiger partial charge is 0.463 e. The molecule has 2 aliphatic heterocycles. The molecule has 2 aromatic rings. The minimum absolute atomic E-state index is 0.468. The number of furan rings is 1. The Balaban J connectivity index is 1.35. The average molecular weight is 371 g/mol. The second-order valence-electron chi connectivity index (χ2n) is 7.79. The van der Waals surface area contributed by atoms with Crippen LogP contribution in [0.4, 0.5) is 5.69 Å². The van der Waals surface area contributed by atoms with Gasteiger partial charge < -0.3 is 20.0 Å². The van der Waals surface area contributed by atoms with Crippen molar-refractivity contribution in [3.8, 4) is 0 Å². The molecule has 5 heteroatoms. The van der Waals surface area contributed by atoms with Crippen molar-refractivity contribution in [3.63, 3.8) is 0 Å². The van der Waals surface area contributed by atoms with Gasteiger partial charge in [-0.15, -0.1) is 0 Å². The van der Waals surface area contributed by atoms with Gasteiger partial charge in [-0.05, 0) is 68.2 Å². The molecule has 0 aliphatic carbocycles. The highest BCUT2D eigenvalue weighted by molar-refractivity contribution is 7.80. The maximum Gasteiger partial charge on any atom is 0.171 e. The van der Waals surface area contributed by atoms with Gasteiger partial charge >= 0.3 is 0 Å². The van der Waals surface area contributed by atoms with Crippen molar-refractivity contribution < 1.29 is 9.32 Å². The molecular weight excluding hydrogens is 342 g/mol. The summed E-state index contributed by atoms with van der Waals surface area (Å²) in [5.41, 5.74) is 2.30. The van der Waals surface area contributed by atoms with Crippen molar-refractivity contribution in [3.05, 3.63) is 54.0 Å². The van der Waals surface area contributed by atoms with Crippen molar-refractivity contribution in [2.45, 2.75) is 63.7 Å². The first kappa shape index (κ1) is 17.6. The molecule has 2 fully saturated rings. The molecular formula is C21H28N3OS+. The zero-order valence-corrected chi connectivity index (χ0v) is 16.1. The monoisotopic (exact) mass is 370 g/mol. The topological polar surface area (TPSA) is 41.6 Å².